The third-order valence-corrected chi connectivity index (χ3v) is 6.10. The third-order valence-electron chi connectivity index (χ3n) is 3.83. The Kier molecular flexibility index (Phi) is 9.17. The number of rotatable bonds is 9. The summed E-state index contributed by atoms with van der Waals surface area (Å²) in [5.74, 6) is 0.654. The van der Waals surface area contributed by atoms with E-state index in [4.69, 9.17) is 17.0 Å². The zero-order valence-corrected chi connectivity index (χ0v) is 20.4. The van der Waals surface area contributed by atoms with E-state index in [9.17, 15) is 13.2 Å². The first-order valence-electron chi connectivity index (χ1n) is 9.37. The van der Waals surface area contributed by atoms with Crippen molar-refractivity contribution in [1.29, 1.82) is 0 Å². The van der Waals surface area contributed by atoms with Gasteiger partial charge in [0.05, 0.1) is 16.0 Å². The van der Waals surface area contributed by atoms with Crippen molar-refractivity contribution in [3.05, 3.63) is 65.2 Å². The second-order valence-electron chi connectivity index (χ2n) is 6.92. The Balaban J connectivity index is 1.97. The minimum Gasteiger partial charge on any atom is -0.492 e. The van der Waals surface area contributed by atoms with E-state index in [1.54, 1.807) is 30.3 Å². The van der Waals surface area contributed by atoms with Gasteiger partial charge in [-0.1, -0.05) is 19.9 Å². The lowest BCUT2D eigenvalue weighted by molar-refractivity contribution is 0.0977. The maximum absolute atomic E-state index is 12.5. The number of amides is 1. The standard InChI is InChI=1S/C21H24BrN3O4S2/c1-4-11-23-31(27,28)17-8-6-16(7-9-17)24-21(30)25-20(26)15-5-10-19(18(22)12-15)29-13-14(2)3/h4-10,12,14,23H,1,11,13H2,2-3H3,(H2,24,25,26,30). The molecule has 0 aliphatic heterocycles. The van der Waals surface area contributed by atoms with E-state index in [-0.39, 0.29) is 22.5 Å². The summed E-state index contributed by atoms with van der Waals surface area (Å²) in [6.07, 6.45) is 1.46. The van der Waals surface area contributed by atoms with Gasteiger partial charge in [-0.3, -0.25) is 10.1 Å². The van der Waals surface area contributed by atoms with E-state index >= 15 is 0 Å². The van der Waals surface area contributed by atoms with Crippen molar-refractivity contribution in [2.75, 3.05) is 18.5 Å². The van der Waals surface area contributed by atoms with Crippen molar-refractivity contribution >= 4 is 54.9 Å². The van der Waals surface area contributed by atoms with Crippen LogP contribution < -0.4 is 20.1 Å². The SMILES string of the molecule is C=CCNS(=O)(=O)c1ccc(NC(=S)NC(=O)c2ccc(OCC(C)C)c(Br)c2)cc1. The predicted molar refractivity (Wildman–Crippen MR) is 130 cm³/mol. The summed E-state index contributed by atoms with van der Waals surface area (Å²) >= 11 is 8.59. The van der Waals surface area contributed by atoms with Crippen LogP contribution in [0.2, 0.25) is 0 Å². The fraction of sp³-hybridized carbons (Fsp3) is 0.238. The molecule has 0 fully saturated rings. The molecular weight excluding hydrogens is 502 g/mol. The van der Waals surface area contributed by atoms with Crippen LogP contribution >= 0.6 is 28.1 Å². The molecule has 0 aromatic heterocycles. The van der Waals surface area contributed by atoms with E-state index < -0.39 is 10.0 Å². The van der Waals surface area contributed by atoms with E-state index in [0.717, 1.165) is 0 Å². The van der Waals surface area contributed by atoms with E-state index in [1.165, 1.54) is 18.2 Å². The Bertz CT molecular complexity index is 1050. The topological polar surface area (TPSA) is 96.5 Å². The van der Waals surface area contributed by atoms with Gasteiger partial charge in [-0.2, -0.15) is 0 Å². The summed E-state index contributed by atoms with van der Waals surface area (Å²) < 4.78 is 32.9. The highest BCUT2D eigenvalue weighted by molar-refractivity contribution is 9.10. The van der Waals surface area contributed by atoms with E-state index in [2.05, 4.69) is 51.7 Å². The molecule has 0 saturated carbocycles. The number of nitrogens with one attached hydrogen (secondary N) is 3. The maximum Gasteiger partial charge on any atom is 0.257 e. The van der Waals surface area contributed by atoms with Crippen LogP contribution in [-0.2, 0) is 10.0 Å². The number of ether oxygens (including phenoxy) is 1. The highest BCUT2D eigenvalue weighted by atomic mass is 79.9. The highest BCUT2D eigenvalue weighted by Gasteiger charge is 2.14. The van der Waals surface area contributed by atoms with Gasteiger partial charge >= 0.3 is 0 Å². The number of halogens is 1. The molecule has 3 N–H and O–H groups in total. The van der Waals surface area contributed by atoms with Crippen LogP contribution in [0.3, 0.4) is 0 Å². The molecule has 2 rings (SSSR count). The molecule has 0 aliphatic rings. The van der Waals surface area contributed by atoms with Gasteiger partial charge in [0.15, 0.2) is 5.11 Å². The lowest BCUT2D eigenvalue weighted by atomic mass is 10.2. The Hall–Kier alpha value is -2.27. The fourth-order valence-electron chi connectivity index (χ4n) is 2.32. The van der Waals surface area contributed by atoms with Crippen molar-refractivity contribution in [3.8, 4) is 5.75 Å². The Morgan fingerprint density at radius 3 is 2.48 bits per heavy atom. The molecule has 0 atom stereocenters. The predicted octanol–water partition coefficient (Wildman–Crippen LogP) is 4.08. The van der Waals surface area contributed by atoms with Crippen LogP contribution in [0.1, 0.15) is 24.2 Å². The quantitative estimate of drug-likeness (QED) is 0.337. The van der Waals surface area contributed by atoms with Crippen molar-refractivity contribution in [2.24, 2.45) is 5.92 Å². The molecule has 10 heteroatoms. The lowest BCUT2D eigenvalue weighted by Crippen LogP contribution is -2.34. The molecule has 166 valence electrons. The number of hydrogen-bond donors (Lipinski definition) is 3. The molecule has 0 radical (unpaired) electrons. The Morgan fingerprint density at radius 1 is 1.23 bits per heavy atom. The number of carbonyl (C=O) groups excluding carboxylic acids is 1. The van der Waals surface area contributed by atoms with Crippen molar-refractivity contribution < 1.29 is 17.9 Å². The van der Waals surface area contributed by atoms with E-state index in [1.807, 2.05) is 0 Å². The average Bonchev–Trinajstić information content (AvgIpc) is 2.71. The summed E-state index contributed by atoms with van der Waals surface area (Å²) in [4.78, 5) is 12.6. The zero-order valence-electron chi connectivity index (χ0n) is 17.1. The third kappa shape index (κ3) is 7.73. The molecule has 0 unspecified atom stereocenters. The van der Waals surface area contributed by atoms with Crippen LogP contribution in [-0.4, -0.2) is 32.6 Å². The summed E-state index contributed by atoms with van der Waals surface area (Å²) in [6, 6.07) is 11.0. The maximum atomic E-state index is 12.5. The van der Waals surface area contributed by atoms with Gasteiger partial charge in [0, 0.05) is 17.8 Å². The van der Waals surface area contributed by atoms with Crippen LogP contribution in [0.25, 0.3) is 0 Å². The summed E-state index contributed by atoms with van der Waals surface area (Å²) in [5.41, 5.74) is 0.939. The van der Waals surface area contributed by atoms with Crippen LogP contribution in [0, 0.1) is 5.92 Å². The zero-order chi connectivity index (χ0) is 23.0. The Morgan fingerprint density at radius 2 is 1.90 bits per heavy atom. The van der Waals surface area contributed by atoms with Gasteiger partial charge in [-0.25, -0.2) is 13.1 Å². The monoisotopic (exact) mass is 525 g/mol. The molecule has 2 aromatic rings. The fourth-order valence-corrected chi connectivity index (χ4v) is 4.02. The minimum atomic E-state index is -3.61. The number of hydrogen-bond acceptors (Lipinski definition) is 5. The van der Waals surface area contributed by atoms with Crippen molar-refractivity contribution in [1.82, 2.24) is 10.0 Å². The van der Waals surface area contributed by atoms with Crippen LogP contribution in [0.4, 0.5) is 5.69 Å². The van der Waals surface area contributed by atoms with Crippen LogP contribution in [0.5, 0.6) is 5.75 Å². The molecule has 7 nitrogen and oxygen atoms in total. The molecule has 0 aliphatic carbocycles. The molecule has 0 spiro atoms. The smallest absolute Gasteiger partial charge is 0.257 e. The van der Waals surface area contributed by atoms with Gasteiger partial charge in [0.2, 0.25) is 10.0 Å². The largest absolute Gasteiger partial charge is 0.492 e. The van der Waals surface area contributed by atoms with Gasteiger partial charge in [0.25, 0.3) is 5.91 Å². The van der Waals surface area contributed by atoms with Gasteiger partial charge in [-0.05, 0) is 76.5 Å². The molecule has 31 heavy (non-hydrogen) atoms. The number of sulfonamides is 1. The normalized spacial score (nSPS) is 11.1. The molecule has 0 bridgehead atoms. The molecule has 2 aromatic carbocycles. The number of benzene rings is 2. The highest BCUT2D eigenvalue weighted by Crippen LogP contribution is 2.26. The number of thiocarbonyl (C=S) groups is 1. The van der Waals surface area contributed by atoms with Gasteiger partial charge < -0.3 is 10.1 Å². The van der Waals surface area contributed by atoms with Gasteiger partial charge in [0.1, 0.15) is 5.75 Å². The lowest BCUT2D eigenvalue weighted by Gasteiger charge is -2.13. The average molecular weight is 526 g/mol. The second kappa shape index (κ2) is 11.4. The summed E-state index contributed by atoms with van der Waals surface area (Å²) in [5, 5.41) is 5.53. The number of anilines is 1. The molecule has 0 saturated heterocycles. The summed E-state index contributed by atoms with van der Waals surface area (Å²) in [7, 11) is -3.61. The van der Waals surface area contributed by atoms with Crippen LogP contribution in [0.15, 0.2) is 64.5 Å². The Labute approximate surface area is 196 Å². The first-order chi connectivity index (χ1) is 14.6. The molecule has 1 amide bonds. The molecular formula is C21H24BrN3O4S2. The van der Waals surface area contributed by atoms with Crippen molar-refractivity contribution in [3.63, 3.8) is 0 Å². The minimum absolute atomic E-state index is 0.0849. The number of carbonyl (C=O) groups is 1. The van der Waals surface area contributed by atoms with Gasteiger partial charge in [-0.15, -0.1) is 6.58 Å². The van der Waals surface area contributed by atoms with Crippen molar-refractivity contribution in [2.45, 2.75) is 18.7 Å². The molecule has 0 heterocycles. The first kappa shape index (κ1) is 25.0. The first-order valence-corrected chi connectivity index (χ1v) is 12.1. The second-order valence-corrected chi connectivity index (χ2v) is 9.95. The summed E-state index contributed by atoms with van der Waals surface area (Å²) in [6.45, 7) is 8.29. The van der Waals surface area contributed by atoms with E-state index in [0.29, 0.717) is 34.0 Å².